The van der Waals surface area contributed by atoms with Crippen LogP contribution in [0.15, 0.2) is 46.8 Å². The van der Waals surface area contributed by atoms with Crippen molar-refractivity contribution >= 4 is 0 Å². The van der Waals surface area contributed by atoms with Crippen molar-refractivity contribution in [2.24, 2.45) is 5.73 Å². The molecule has 2 aromatic heterocycles. The fourth-order valence-corrected chi connectivity index (χ4v) is 4.12. The number of aromatic nitrogens is 2. The summed E-state index contributed by atoms with van der Waals surface area (Å²) < 4.78 is 12.8. The van der Waals surface area contributed by atoms with E-state index in [1.165, 1.54) is 0 Å². The third-order valence-corrected chi connectivity index (χ3v) is 5.67. The van der Waals surface area contributed by atoms with Gasteiger partial charge in [-0.15, -0.1) is 0 Å². The minimum Gasteiger partial charge on any atom is -0.440 e. The number of rotatable bonds is 5. The molecule has 1 fully saturated rings. The second-order valence-electron chi connectivity index (χ2n) is 7.54. The van der Waals surface area contributed by atoms with Gasteiger partial charge in [-0.2, -0.15) is 5.26 Å². The van der Waals surface area contributed by atoms with E-state index >= 15 is 0 Å². The molecule has 2 aliphatic rings. The molecule has 1 atom stereocenters. The quantitative estimate of drug-likeness (QED) is 0.800. The zero-order chi connectivity index (χ0) is 21.1. The fraction of sp³-hybridized carbons (Fsp3) is 0.409. The molecule has 2 aliphatic heterocycles. The maximum Gasteiger partial charge on any atom is 0.258 e. The van der Waals surface area contributed by atoms with Gasteiger partial charge >= 0.3 is 0 Å². The van der Waals surface area contributed by atoms with Crippen LogP contribution in [0.3, 0.4) is 0 Å². The van der Waals surface area contributed by atoms with Crippen molar-refractivity contribution in [3.8, 4) is 11.8 Å². The lowest BCUT2D eigenvalue weighted by Gasteiger charge is -2.28. The van der Waals surface area contributed by atoms with E-state index in [9.17, 15) is 10.1 Å². The summed E-state index contributed by atoms with van der Waals surface area (Å²) in [7, 11) is 0. The van der Waals surface area contributed by atoms with Crippen LogP contribution in [-0.2, 0) is 11.3 Å². The Balaban J connectivity index is 1.68. The van der Waals surface area contributed by atoms with Crippen LogP contribution < -0.4 is 16.0 Å². The molecular formula is C22H25N5O3. The Kier molecular flexibility index (Phi) is 5.84. The number of hydrogen-bond acceptors (Lipinski definition) is 7. The molecule has 0 aliphatic carbocycles. The first-order valence-electron chi connectivity index (χ1n) is 10.1. The van der Waals surface area contributed by atoms with Gasteiger partial charge in [-0.05, 0) is 25.0 Å². The van der Waals surface area contributed by atoms with Crippen LogP contribution in [-0.4, -0.2) is 47.3 Å². The molecule has 0 spiro atoms. The van der Waals surface area contributed by atoms with Crippen molar-refractivity contribution in [2.75, 3.05) is 32.8 Å². The van der Waals surface area contributed by atoms with Gasteiger partial charge in [-0.3, -0.25) is 14.7 Å². The van der Waals surface area contributed by atoms with Crippen LogP contribution in [0.4, 0.5) is 0 Å². The summed E-state index contributed by atoms with van der Waals surface area (Å²) in [6.07, 6.45) is 4.16. The Bertz CT molecular complexity index is 1050. The average molecular weight is 407 g/mol. The zero-order valence-corrected chi connectivity index (χ0v) is 17.0. The third kappa shape index (κ3) is 3.82. The summed E-state index contributed by atoms with van der Waals surface area (Å²) in [5, 5.41) is 9.71. The van der Waals surface area contributed by atoms with Gasteiger partial charge in [0, 0.05) is 50.3 Å². The predicted molar refractivity (Wildman–Crippen MR) is 111 cm³/mol. The van der Waals surface area contributed by atoms with Crippen molar-refractivity contribution < 1.29 is 9.47 Å². The molecule has 2 N–H and O–H groups in total. The lowest BCUT2D eigenvalue weighted by atomic mass is 9.85. The van der Waals surface area contributed by atoms with Gasteiger partial charge in [-0.25, -0.2) is 0 Å². The number of pyridine rings is 2. The van der Waals surface area contributed by atoms with E-state index in [0.29, 0.717) is 17.9 Å². The summed E-state index contributed by atoms with van der Waals surface area (Å²) in [5.74, 6) is -0.152. The Morgan fingerprint density at radius 3 is 2.83 bits per heavy atom. The summed E-state index contributed by atoms with van der Waals surface area (Å²) in [6.45, 7) is 6.74. The topological polar surface area (TPSA) is 106 Å². The molecule has 30 heavy (non-hydrogen) atoms. The van der Waals surface area contributed by atoms with Crippen molar-refractivity contribution in [3.05, 3.63) is 69.2 Å². The first kappa shape index (κ1) is 20.1. The molecule has 8 heteroatoms. The van der Waals surface area contributed by atoms with Crippen molar-refractivity contribution in [3.63, 3.8) is 0 Å². The molecule has 156 valence electrons. The number of nitrogens with zero attached hydrogens (tertiary/aromatic N) is 4. The molecule has 8 nitrogen and oxygen atoms in total. The number of nitriles is 1. The van der Waals surface area contributed by atoms with Gasteiger partial charge in [-0.1, -0.05) is 6.07 Å². The van der Waals surface area contributed by atoms with Gasteiger partial charge in [0.05, 0.1) is 24.7 Å². The second-order valence-corrected chi connectivity index (χ2v) is 7.54. The standard InChI is InChI=1S/C22H25N5O3/c1-15-12-18-20(22(28)27(15)7-3-6-26-8-10-29-11-9-26)19(16-4-2-5-25-14-16)17(13-23)21(24)30-18/h2,4-5,12,14,19H,3,6-11,24H2,1H3. The van der Waals surface area contributed by atoms with Crippen LogP contribution in [0.1, 0.15) is 29.2 Å². The highest BCUT2D eigenvalue weighted by Crippen LogP contribution is 2.40. The molecule has 0 aromatic carbocycles. The number of allylic oxidation sites excluding steroid dienone is 1. The highest BCUT2D eigenvalue weighted by atomic mass is 16.5. The third-order valence-electron chi connectivity index (χ3n) is 5.67. The molecule has 2 aromatic rings. The molecule has 0 bridgehead atoms. The largest absolute Gasteiger partial charge is 0.440 e. The van der Waals surface area contributed by atoms with Gasteiger partial charge < -0.3 is 19.8 Å². The van der Waals surface area contributed by atoms with E-state index < -0.39 is 5.92 Å². The lowest BCUT2D eigenvalue weighted by Crippen LogP contribution is -2.38. The Hall–Kier alpha value is -3.15. The van der Waals surface area contributed by atoms with Crippen LogP contribution >= 0.6 is 0 Å². The van der Waals surface area contributed by atoms with Crippen molar-refractivity contribution in [2.45, 2.75) is 25.8 Å². The highest BCUT2D eigenvalue weighted by molar-refractivity contribution is 5.54. The van der Waals surface area contributed by atoms with E-state index in [-0.39, 0.29) is 17.0 Å². The number of aryl methyl sites for hydroxylation is 1. The zero-order valence-electron chi connectivity index (χ0n) is 17.0. The Morgan fingerprint density at radius 1 is 1.33 bits per heavy atom. The molecule has 0 amide bonds. The van der Waals surface area contributed by atoms with E-state index in [2.05, 4.69) is 16.0 Å². The molecule has 0 saturated carbocycles. The summed E-state index contributed by atoms with van der Waals surface area (Å²) in [6, 6.07) is 7.58. The van der Waals surface area contributed by atoms with Crippen LogP contribution in [0.2, 0.25) is 0 Å². The molecule has 1 unspecified atom stereocenters. The smallest absolute Gasteiger partial charge is 0.258 e. The van der Waals surface area contributed by atoms with E-state index in [4.69, 9.17) is 15.2 Å². The molecule has 0 radical (unpaired) electrons. The van der Waals surface area contributed by atoms with Gasteiger partial charge in [0.2, 0.25) is 5.88 Å². The van der Waals surface area contributed by atoms with Crippen molar-refractivity contribution in [1.29, 1.82) is 5.26 Å². The first-order valence-corrected chi connectivity index (χ1v) is 10.1. The number of ether oxygens (including phenoxy) is 2. The maximum absolute atomic E-state index is 13.5. The summed E-state index contributed by atoms with van der Waals surface area (Å²) >= 11 is 0. The van der Waals surface area contributed by atoms with Crippen LogP contribution in [0, 0.1) is 18.3 Å². The van der Waals surface area contributed by atoms with Crippen molar-refractivity contribution in [1.82, 2.24) is 14.5 Å². The average Bonchev–Trinajstić information content (AvgIpc) is 2.76. The molecule has 1 saturated heterocycles. The summed E-state index contributed by atoms with van der Waals surface area (Å²) in [5.41, 5.74) is 8.08. The number of nitrogens with two attached hydrogens (primary N) is 1. The number of hydrogen-bond donors (Lipinski definition) is 1. The van der Waals surface area contributed by atoms with E-state index in [1.54, 1.807) is 23.0 Å². The molecule has 4 rings (SSSR count). The van der Waals surface area contributed by atoms with E-state index in [1.807, 2.05) is 19.1 Å². The number of fused-ring (bicyclic) bond motifs is 1. The number of morpholine rings is 1. The maximum atomic E-state index is 13.5. The molecular weight excluding hydrogens is 382 g/mol. The lowest BCUT2D eigenvalue weighted by molar-refractivity contribution is 0.0369. The SMILES string of the molecule is Cc1cc2c(c(=O)n1CCCN1CCOCC1)C(c1cccnc1)C(C#N)=C(N)O2. The van der Waals surface area contributed by atoms with Gasteiger partial charge in [0.1, 0.15) is 17.4 Å². The fourth-order valence-electron chi connectivity index (χ4n) is 4.12. The van der Waals surface area contributed by atoms with Crippen LogP contribution in [0.5, 0.6) is 5.75 Å². The highest BCUT2D eigenvalue weighted by Gasteiger charge is 2.34. The predicted octanol–water partition coefficient (Wildman–Crippen LogP) is 1.49. The Morgan fingerprint density at radius 2 is 2.13 bits per heavy atom. The minimum absolute atomic E-state index is 0.0303. The second kappa shape index (κ2) is 8.69. The van der Waals surface area contributed by atoms with Gasteiger partial charge in [0.15, 0.2) is 0 Å². The minimum atomic E-state index is -0.592. The van der Waals surface area contributed by atoms with Gasteiger partial charge in [0.25, 0.3) is 5.56 Å². The Labute approximate surface area is 175 Å². The monoisotopic (exact) mass is 407 g/mol. The van der Waals surface area contributed by atoms with Crippen LogP contribution in [0.25, 0.3) is 0 Å². The summed E-state index contributed by atoms with van der Waals surface area (Å²) in [4.78, 5) is 20.0. The first-order chi connectivity index (χ1) is 14.6. The molecule has 4 heterocycles. The van der Waals surface area contributed by atoms with E-state index in [0.717, 1.165) is 50.5 Å². The normalized spacial score (nSPS) is 19.1.